The second-order valence-corrected chi connectivity index (χ2v) is 36.6. The largest absolute Gasteiger partial charge is 0.488 e. The molecule has 5 atom stereocenters. The lowest BCUT2D eigenvalue weighted by molar-refractivity contribution is -0.140. The molecule has 0 unspecified atom stereocenters. The molecule has 20 rings (SSSR count). The first kappa shape index (κ1) is 94.6. The van der Waals surface area contributed by atoms with Gasteiger partial charge < -0.3 is 96.3 Å². The predicted octanol–water partition coefficient (Wildman–Crippen LogP) is 14.1. The minimum Gasteiger partial charge on any atom is -0.488 e. The monoisotopic (exact) mass is 2130 g/mol. The maximum absolute atomic E-state index is 13.4. The fourth-order valence-electron chi connectivity index (χ4n) is 13.6. The van der Waals surface area contributed by atoms with Crippen molar-refractivity contribution in [1.29, 1.82) is 0 Å². The van der Waals surface area contributed by atoms with Crippen LogP contribution in [0, 0.1) is 12.7 Å². The van der Waals surface area contributed by atoms with E-state index in [9.17, 15) is 30.7 Å². The number of hydrogen-bond donors (Lipinski definition) is 5. The van der Waals surface area contributed by atoms with Crippen molar-refractivity contribution in [2.24, 2.45) is 0 Å². The third-order valence-corrected chi connectivity index (χ3v) is 26.8. The number of rotatable bonds is 25. The highest BCUT2D eigenvalue weighted by Crippen LogP contribution is 2.43. The Bertz CT molecular complexity index is 6210. The van der Waals surface area contributed by atoms with Crippen LogP contribution in [0.3, 0.4) is 0 Å². The summed E-state index contributed by atoms with van der Waals surface area (Å²) in [6.07, 6.45) is -4.26. The van der Waals surface area contributed by atoms with Gasteiger partial charge in [-0.1, -0.05) is 125 Å². The Balaban J connectivity index is 0.000000121. The molecule has 15 heterocycles. The number of nitrogens with zero attached hydrogens (tertiary/aromatic N) is 24. The first-order chi connectivity index (χ1) is 64.3. The van der Waals surface area contributed by atoms with E-state index in [4.69, 9.17) is 71.8 Å². The van der Waals surface area contributed by atoms with Gasteiger partial charge in [-0.2, -0.15) is 51.3 Å². The van der Waals surface area contributed by atoms with Crippen molar-refractivity contribution in [3.63, 3.8) is 0 Å². The maximum atomic E-state index is 13.4. The van der Waals surface area contributed by atoms with Gasteiger partial charge in [0.25, 0.3) is 29.5 Å². The number of aryl methyl sites for hydroxylation is 1. The molecule has 0 bridgehead atoms. The third kappa shape index (κ3) is 24.2. The summed E-state index contributed by atoms with van der Waals surface area (Å²) in [5.74, 6) is 3.68. The summed E-state index contributed by atoms with van der Waals surface area (Å²) in [6.45, 7) is 6.95. The Morgan fingerprint density at radius 2 is 0.677 bits per heavy atom. The van der Waals surface area contributed by atoms with Crippen LogP contribution in [0.4, 0.5) is 56.4 Å². The van der Waals surface area contributed by atoms with E-state index in [0.717, 1.165) is 100.0 Å². The Hall–Kier alpha value is -11.6. The molecule has 5 aromatic carbocycles. The highest BCUT2D eigenvalue weighted by atomic mass is 79.9. The summed E-state index contributed by atoms with van der Waals surface area (Å²) in [4.78, 5) is 35.3. The molecule has 5 N–H and O–H groups in total. The standard InChI is InChI=1S/C17H15F3N4O3S.C16H16BrN5O3S.C16H14F3N5O3S.C15H13BrFN5O3S.C15H14BrN5O3S/c18-17(19,20)11-3-1-2-4-12(11)26-10-5-6-24(8-10)16-21-7-13(28-16)15-22-14(9-25)27-23-15;1-9-2-3-12(11(17)6-9)24-10-4-5-22(7-10)16-20-19-15(26-16)14-18-13(8-23)25-21-14;17-16(18,19)10-3-1-2-4-11(10)26-9-5-6-24(7-9)15-22-21-14(28-15)13-20-12(8-25)27-23-13;16-10-2-1-8(17)5-11(10)24-9-3-4-22(6-9)15-20-19-14(26-15)13-18-12(7-23)25-21-13;16-10-3-1-2-4-11(10)23-9-5-6-21(7-9)15-19-18-14(25-15)13-17-12(8-22)24-20-13/h1-4,7,10,25H,5-6,8-9H2;2-3,6,10,23H,4-5,7-8H2,1H3;1-4,9,25H,5-8H2;1-2,5,9,23H,3-4,6-7H2;1-4,9,22H,5-8H2/t2*10-;3*9-/m00000/s1. The van der Waals surface area contributed by atoms with Crippen LogP contribution in [0.25, 0.3) is 54.0 Å². The molecule has 5 saturated heterocycles. The van der Waals surface area contributed by atoms with Crippen LogP contribution in [0.1, 0.15) is 78.2 Å². The first-order valence-corrected chi connectivity index (χ1v) is 46.7. The van der Waals surface area contributed by atoms with Crippen LogP contribution in [-0.2, 0) is 45.4 Å². The fraction of sp³-hybridized carbons (Fsp3) is 0.354. The molecule has 5 aliphatic rings. The number of thiazole rings is 1. The Labute approximate surface area is 792 Å². The number of hydrogen-bond acceptors (Lipinski definition) is 44. The summed E-state index contributed by atoms with van der Waals surface area (Å²) in [5.41, 5.74) is -0.380. The van der Waals surface area contributed by atoms with Gasteiger partial charge in [-0.05, 0) is 121 Å². The van der Waals surface area contributed by atoms with Crippen molar-refractivity contribution in [3.8, 4) is 82.8 Å². The zero-order chi connectivity index (χ0) is 92.9. The van der Waals surface area contributed by atoms with E-state index in [-0.39, 0.29) is 110 Å². The molecule has 5 aliphatic heterocycles. The van der Waals surface area contributed by atoms with Gasteiger partial charge in [-0.3, -0.25) is 0 Å². The number of halogens is 10. The molecule has 0 radical (unpaired) electrons. The van der Waals surface area contributed by atoms with Crippen molar-refractivity contribution >= 4 is 130 Å². The molecule has 0 saturated carbocycles. The minimum atomic E-state index is -4.47. The topological polar surface area (TPSA) is 474 Å². The average molecular weight is 2130 g/mol. The van der Waals surface area contributed by atoms with Crippen LogP contribution in [0.2, 0.25) is 0 Å². The number of para-hydroxylation sites is 3. The molecule has 39 nitrogen and oxygen atoms in total. The van der Waals surface area contributed by atoms with E-state index in [0.29, 0.717) is 114 Å². The van der Waals surface area contributed by atoms with Gasteiger partial charge in [-0.15, -0.1) is 40.8 Å². The molecule has 0 aliphatic carbocycles. The van der Waals surface area contributed by atoms with Gasteiger partial charge in [0.15, 0.2) is 25.2 Å². The SMILES string of the molecule is Cc1ccc(O[C@H]2CCN(c3nnc(-c4noc(CO)n4)s3)C2)c(Br)c1.OCc1nc(-c2cnc(N3CC[C@H](Oc4ccccc4C(F)(F)F)C3)s2)no1.OCc1nc(-c2nnc(N3CC[C@H](Oc4cc(F)ccc4Br)C3)s2)no1.OCc1nc(-c2nnc(N3CC[C@H](Oc4ccccc4Br)C3)s2)no1.OCc1nc(-c2nnc(N3CC[C@H](Oc4ccccc4C(F)(F)F)C3)s2)no1. The lowest BCUT2D eigenvalue weighted by Gasteiger charge is -2.19. The van der Waals surface area contributed by atoms with Crippen LogP contribution in [0.15, 0.2) is 151 Å². The average Bonchev–Trinajstić information content (AvgIpc) is 1.64. The van der Waals surface area contributed by atoms with Crippen LogP contribution < -0.4 is 48.2 Å². The van der Waals surface area contributed by atoms with Crippen molar-refractivity contribution in [3.05, 3.63) is 181 Å². The minimum absolute atomic E-state index is 0.0738. The highest BCUT2D eigenvalue weighted by Gasteiger charge is 2.39. The second kappa shape index (κ2) is 43.2. The predicted molar refractivity (Wildman–Crippen MR) is 474 cm³/mol. The van der Waals surface area contributed by atoms with Gasteiger partial charge >= 0.3 is 12.4 Å². The van der Waals surface area contributed by atoms with E-state index in [1.807, 2.05) is 64.1 Å². The first-order valence-electron chi connectivity index (χ1n) is 40.2. The van der Waals surface area contributed by atoms with Gasteiger partial charge in [0.2, 0.25) is 49.6 Å². The number of alkyl halides is 6. The second-order valence-electron chi connectivity index (χ2n) is 29.2. The van der Waals surface area contributed by atoms with Gasteiger partial charge in [0.1, 0.15) is 98.1 Å². The van der Waals surface area contributed by atoms with E-state index in [2.05, 4.69) is 154 Å². The summed E-state index contributed by atoms with van der Waals surface area (Å²) >= 11 is 17.1. The van der Waals surface area contributed by atoms with E-state index in [1.165, 1.54) is 111 Å². The molecular weight excluding hydrogens is 2060 g/mol. The summed E-state index contributed by atoms with van der Waals surface area (Å²) in [6, 6.07) is 28.7. The van der Waals surface area contributed by atoms with E-state index >= 15 is 0 Å². The smallest absolute Gasteiger partial charge is 0.419 e. The normalized spacial score (nSPS) is 17.2. The quantitative estimate of drug-likeness (QED) is 0.0332. The Kier molecular flexibility index (Phi) is 30.7. The van der Waals surface area contributed by atoms with Crippen LogP contribution >= 0.6 is 104 Å². The van der Waals surface area contributed by atoms with Crippen molar-refractivity contribution in [2.45, 2.75) is 115 Å². The lowest BCUT2D eigenvalue weighted by atomic mass is 10.2. The van der Waals surface area contributed by atoms with Gasteiger partial charge in [0, 0.05) is 70.9 Å². The van der Waals surface area contributed by atoms with Crippen LogP contribution in [-0.4, -0.2) is 218 Å². The number of benzene rings is 5. The Morgan fingerprint density at radius 1 is 0.361 bits per heavy atom. The molecule has 10 aromatic heterocycles. The molecule has 0 amide bonds. The number of ether oxygens (including phenoxy) is 5. The molecule has 15 aromatic rings. The Morgan fingerprint density at radius 3 is 1.03 bits per heavy atom. The third-order valence-electron chi connectivity index (χ3n) is 19.9. The summed E-state index contributed by atoms with van der Waals surface area (Å²) < 4.78 is 148. The van der Waals surface area contributed by atoms with Gasteiger partial charge in [0.05, 0.1) is 68.3 Å². The number of aromatic nitrogens is 19. The number of aliphatic hydroxyl groups excluding tert-OH is 5. The van der Waals surface area contributed by atoms with Gasteiger partial charge in [-0.25, -0.2) is 9.37 Å². The van der Waals surface area contributed by atoms with E-state index < -0.39 is 29.6 Å². The lowest BCUT2D eigenvalue weighted by Crippen LogP contribution is -2.25. The fourth-order valence-corrected chi connectivity index (χ4v) is 19.0. The molecule has 0 spiro atoms. The zero-order valence-corrected chi connectivity index (χ0v) is 77.7. The van der Waals surface area contributed by atoms with Crippen molar-refractivity contribution in [2.75, 3.05) is 89.9 Å². The number of anilines is 5. The van der Waals surface area contributed by atoms with Crippen molar-refractivity contribution < 1.29 is 103 Å². The summed E-state index contributed by atoms with van der Waals surface area (Å²) in [5, 5.41) is 102. The molecular formula is C79H72Br3F7N24O15S5. The molecule has 5 fully saturated rings. The maximum Gasteiger partial charge on any atom is 0.419 e. The highest BCUT2D eigenvalue weighted by molar-refractivity contribution is 9.11. The molecule has 54 heteroatoms. The van der Waals surface area contributed by atoms with Crippen molar-refractivity contribution in [1.82, 2.24) is 96.5 Å². The molecule has 698 valence electrons. The van der Waals surface area contributed by atoms with Crippen LogP contribution in [0.5, 0.6) is 28.7 Å². The molecule has 133 heavy (non-hydrogen) atoms. The number of aliphatic hydroxyl groups is 5. The zero-order valence-electron chi connectivity index (χ0n) is 68.9. The summed E-state index contributed by atoms with van der Waals surface area (Å²) in [7, 11) is 0. The van der Waals surface area contributed by atoms with E-state index in [1.54, 1.807) is 12.3 Å².